The summed E-state index contributed by atoms with van der Waals surface area (Å²) in [6.07, 6.45) is 0. The molecule has 0 saturated heterocycles. The fourth-order valence-electron chi connectivity index (χ4n) is 0.974. The van der Waals surface area contributed by atoms with E-state index >= 15 is 0 Å². The molecule has 76 valence electrons. The van der Waals surface area contributed by atoms with Gasteiger partial charge in [0.25, 0.3) is 6.02 Å². The van der Waals surface area contributed by atoms with E-state index in [2.05, 4.69) is 4.99 Å². The van der Waals surface area contributed by atoms with Crippen molar-refractivity contribution in [3.05, 3.63) is 29.3 Å². The quantitative estimate of drug-likeness (QED) is 0.528. The molecule has 0 fully saturated rings. The van der Waals surface area contributed by atoms with E-state index in [0.29, 0.717) is 16.7 Å². The molecule has 0 radical (unpaired) electrons. The molecule has 1 rings (SSSR count). The first-order valence-corrected chi connectivity index (χ1v) is 4.57. The number of para-hydroxylation sites is 1. The van der Waals surface area contributed by atoms with Gasteiger partial charge in [0.2, 0.25) is 0 Å². The minimum Gasteiger partial charge on any atom is -0.468 e. The Morgan fingerprint density at radius 1 is 1.36 bits per heavy atom. The largest absolute Gasteiger partial charge is 0.468 e. The molecule has 4 heteroatoms. The third-order valence-corrected chi connectivity index (χ3v) is 1.95. The average Bonchev–Trinajstić information content (AvgIpc) is 2.16. The molecular formula is C10H13ClN2O. The van der Waals surface area contributed by atoms with Crippen LogP contribution in [-0.2, 0) is 4.74 Å². The van der Waals surface area contributed by atoms with Crippen LogP contribution >= 0.6 is 11.6 Å². The van der Waals surface area contributed by atoms with Gasteiger partial charge < -0.3 is 9.64 Å². The maximum absolute atomic E-state index is 5.95. The van der Waals surface area contributed by atoms with Crippen molar-refractivity contribution >= 4 is 23.3 Å². The van der Waals surface area contributed by atoms with Crippen LogP contribution in [0, 0.1) is 0 Å². The zero-order chi connectivity index (χ0) is 10.6. The van der Waals surface area contributed by atoms with Crippen molar-refractivity contribution in [1.82, 2.24) is 4.90 Å². The lowest BCUT2D eigenvalue weighted by Crippen LogP contribution is -2.23. The van der Waals surface area contributed by atoms with Gasteiger partial charge >= 0.3 is 0 Å². The molecular weight excluding hydrogens is 200 g/mol. The number of ether oxygens (including phenoxy) is 1. The fraction of sp³-hybridized carbons (Fsp3) is 0.300. The van der Waals surface area contributed by atoms with E-state index in [1.807, 2.05) is 32.3 Å². The monoisotopic (exact) mass is 212 g/mol. The van der Waals surface area contributed by atoms with E-state index in [1.54, 1.807) is 18.1 Å². The number of hydrogen-bond acceptors (Lipinski definition) is 2. The maximum atomic E-state index is 5.95. The normalized spacial score (nSPS) is 11.3. The fourth-order valence-corrected chi connectivity index (χ4v) is 1.15. The number of aliphatic imine (C=N–C) groups is 1. The van der Waals surface area contributed by atoms with Crippen LogP contribution in [0.1, 0.15) is 0 Å². The van der Waals surface area contributed by atoms with Gasteiger partial charge in [-0.25, -0.2) is 0 Å². The number of methoxy groups -OCH3 is 1. The zero-order valence-corrected chi connectivity index (χ0v) is 9.25. The molecule has 0 amide bonds. The number of hydrogen-bond donors (Lipinski definition) is 0. The first kappa shape index (κ1) is 10.9. The van der Waals surface area contributed by atoms with E-state index < -0.39 is 0 Å². The Hall–Kier alpha value is -1.22. The van der Waals surface area contributed by atoms with E-state index in [4.69, 9.17) is 16.3 Å². The van der Waals surface area contributed by atoms with Crippen LogP contribution in [0.4, 0.5) is 5.69 Å². The van der Waals surface area contributed by atoms with Crippen LogP contribution in [0.3, 0.4) is 0 Å². The minimum absolute atomic E-state index is 0.526. The van der Waals surface area contributed by atoms with Gasteiger partial charge in [-0.3, -0.25) is 0 Å². The molecule has 14 heavy (non-hydrogen) atoms. The van der Waals surface area contributed by atoms with Crippen molar-refractivity contribution in [2.24, 2.45) is 4.99 Å². The molecule has 0 bridgehead atoms. The van der Waals surface area contributed by atoms with Crippen LogP contribution in [0.2, 0.25) is 5.02 Å². The lowest BCUT2D eigenvalue weighted by atomic mass is 10.3. The number of halogens is 1. The van der Waals surface area contributed by atoms with Crippen LogP contribution in [0.15, 0.2) is 29.3 Å². The van der Waals surface area contributed by atoms with Crippen molar-refractivity contribution in [3.8, 4) is 0 Å². The van der Waals surface area contributed by atoms with E-state index in [-0.39, 0.29) is 0 Å². The Kier molecular flexibility index (Phi) is 3.77. The predicted molar refractivity (Wildman–Crippen MR) is 59.2 cm³/mol. The molecule has 1 aromatic carbocycles. The molecule has 0 saturated carbocycles. The maximum Gasteiger partial charge on any atom is 0.291 e. The van der Waals surface area contributed by atoms with Crippen LogP contribution in [-0.4, -0.2) is 32.1 Å². The molecule has 0 heterocycles. The summed E-state index contributed by atoms with van der Waals surface area (Å²) >= 11 is 5.95. The van der Waals surface area contributed by atoms with Gasteiger partial charge in [0.05, 0.1) is 17.8 Å². The molecule has 3 nitrogen and oxygen atoms in total. The second kappa shape index (κ2) is 4.86. The molecule has 0 spiro atoms. The highest BCUT2D eigenvalue weighted by Crippen LogP contribution is 2.23. The van der Waals surface area contributed by atoms with Crippen LogP contribution in [0.5, 0.6) is 0 Å². The molecule has 0 aliphatic heterocycles. The predicted octanol–water partition coefficient (Wildman–Crippen LogP) is 2.54. The van der Waals surface area contributed by atoms with E-state index in [0.717, 1.165) is 0 Å². The highest BCUT2D eigenvalue weighted by Gasteiger charge is 2.03. The molecule has 0 aliphatic rings. The molecule has 0 aliphatic carbocycles. The van der Waals surface area contributed by atoms with Crippen molar-refractivity contribution < 1.29 is 4.74 Å². The van der Waals surface area contributed by atoms with Crippen LogP contribution < -0.4 is 0 Å². The lowest BCUT2D eigenvalue weighted by Gasteiger charge is -2.13. The van der Waals surface area contributed by atoms with Gasteiger partial charge in [0.1, 0.15) is 0 Å². The summed E-state index contributed by atoms with van der Waals surface area (Å²) in [6, 6.07) is 7.91. The van der Waals surface area contributed by atoms with Gasteiger partial charge in [0, 0.05) is 14.1 Å². The van der Waals surface area contributed by atoms with Gasteiger partial charge in [-0.05, 0) is 12.1 Å². The van der Waals surface area contributed by atoms with Crippen LogP contribution in [0.25, 0.3) is 0 Å². The van der Waals surface area contributed by atoms with Gasteiger partial charge in [-0.15, -0.1) is 0 Å². The Balaban J connectivity index is 3.00. The average molecular weight is 213 g/mol. The smallest absolute Gasteiger partial charge is 0.291 e. The van der Waals surface area contributed by atoms with Gasteiger partial charge in [-0.1, -0.05) is 23.7 Å². The molecule has 0 unspecified atom stereocenters. The van der Waals surface area contributed by atoms with E-state index in [9.17, 15) is 0 Å². The number of amidine groups is 1. The van der Waals surface area contributed by atoms with Crippen molar-refractivity contribution in [2.75, 3.05) is 21.2 Å². The number of nitrogens with zero attached hydrogens (tertiary/aromatic N) is 2. The summed E-state index contributed by atoms with van der Waals surface area (Å²) in [7, 11) is 5.30. The standard InChI is InChI=1S/C10H13ClN2O/c1-13(2)10(14-3)12-9-7-5-4-6-8(9)11/h4-7H,1-3H3. The van der Waals surface area contributed by atoms with Gasteiger partial charge in [-0.2, -0.15) is 4.99 Å². The molecule has 0 N–H and O–H groups in total. The second-order valence-electron chi connectivity index (χ2n) is 2.94. The zero-order valence-electron chi connectivity index (χ0n) is 8.49. The highest BCUT2D eigenvalue weighted by molar-refractivity contribution is 6.33. The van der Waals surface area contributed by atoms with Crippen molar-refractivity contribution in [3.63, 3.8) is 0 Å². The lowest BCUT2D eigenvalue weighted by molar-refractivity contribution is 0.332. The first-order chi connectivity index (χ1) is 6.65. The molecule has 1 aromatic rings. The number of rotatable bonds is 1. The highest BCUT2D eigenvalue weighted by atomic mass is 35.5. The second-order valence-corrected chi connectivity index (χ2v) is 3.35. The number of benzene rings is 1. The minimum atomic E-state index is 0.526. The van der Waals surface area contributed by atoms with Crippen molar-refractivity contribution in [2.45, 2.75) is 0 Å². The summed E-state index contributed by atoms with van der Waals surface area (Å²) < 4.78 is 5.09. The summed E-state index contributed by atoms with van der Waals surface area (Å²) in [5, 5.41) is 0.615. The third-order valence-electron chi connectivity index (χ3n) is 1.63. The summed E-state index contributed by atoms with van der Waals surface area (Å²) in [4.78, 5) is 6.05. The molecule has 0 aromatic heterocycles. The first-order valence-electron chi connectivity index (χ1n) is 4.19. The third kappa shape index (κ3) is 2.64. The molecule has 0 atom stereocenters. The SMILES string of the molecule is COC(=Nc1ccccc1Cl)N(C)C. The Labute approximate surface area is 89.0 Å². The Morgan fingerprint density at radius 2 is 2.00 bits per heavy atom. The summed E-state index contributed by atoms with van der Waals surface area (Å²) in [5.41, 5.74) is 0.708. The summed E-state index contributed by atoms with van der Waals surface area (Å²) in [6.45, 7) is 0. The van der Waals surface area contributed by atoms with E-state index in [1.165, 1.54) is 0 Å². The summed E-state index contributed by atoms with van der Waals surface area (Å²) in [5.74, 6) is 0. The van der Waals surface area contributed by atoms with Crippen molar-refractivity contribution in [1.29, 1.82) is 0 Å². The van der Waals surface area contributed by atoms with Gasteiger partial charge in [0.15, 0.2) is 0 Å². The Morgan fingerprint density at radius 3 is 2.50 bits per heavy atom. The topological polar surface area (TPSA) is 24.8 Å². The Bertz CT molecular complexity index is 337.